The lowest BCUT2D eigenvalue weighted by Gasteiger charge is -2.07. The highest BCUT2D eigenvalue weighted by Crippen LogP contribution is 2.05. The van der Waals surface area contributed by atoms with E-state index >= 15 is 0 Å². The molecule has 78 valence electrons. The monoisotopic (exact) mass is 200 g/mol. The zero-order valence-electron chi connectivity index (χ0n) is 8.13. The Morgan fingerprint density at radius 3 is 2.93 bits per heavy atom. The van der Waals surface area contributed by atoms with Crippen LogP contribution in [-0.4, -0.2) is 18.0 Å². The Kier molecular flexibility index (Phi) is 4.46. The maximum absolute atomic E-state index is 11.8. The lowest BCUT2D eigenvalue weighted by atomic mass is 10.1. The van der Waals surface area contributed by atoms with Crippen LogP contribution in [0.1, 0.15) is 18.2 Å². The Morgan fingerprint density at radius 2 is 2.29 bits per heavy atom. The fraction of sp³-hybridized carbons (Fsp3) is 0.500. The first-order chi connectivity index (χ1) is 6.74. The second-order valence-corrected chi connectivity index (χ2v) is 2.98. The molecule has 0 aromatic carbocycles. The van der Waals surface area contributed by atoms with Crippen molar-refractivity contribution in [2.75, 3.05) is 6.54 Å². The molecule has 1 rings (SSSR count). The summed E-state index contributed by atoms with van der Waals surface area (Å²) in [6.45, 7) is 2.15. The van der Waals surface area contributed by atoms with Gasteiger partial charge in [-0.2, -0.15) is 0 Å². The topological polar surface area (TPSA) is 24.9 Å². The molecule has 1 N–H and O–H groups in total. The van der Waals surface area contributed by atoms with Gasteiger partial charge in [-0.3, -0.25) is 4.98 Å². The van der Waals surface area contributed by atoms with E-state index in [2.05, 4.69) is 10.3 Å². The highest BCUT2D eigenvalue weighted by Gasteiger charge is 2.03. The number of hydrogen-bond acceptors (Lipinski definition) is 2. The van der Waals surface area contributed by atoms with Gasteiger partial charge in [0.1, 0.15) is 0 Å². The number of nitrogens with zero attached hydrogens (tertiary/aromatic N) is 1. The molecular weight excluding hydrogens is 186 g/mol. The minimum Gasteiger partial charge on any atom is -0.306 e. The lowest BCUT2D eigenvalue weighted by molar-refractivity contribution is 0.145. The number of aromatic nitrogens is 1. The molecule has 1 heterocycles. The van der Waals surface area contributed by atoms with Crippen molar-refractivity contribution >= 4 is 0 Å². The van der Waals surface area contributed by atoms with E-state index < -0.39 is 6.43 Å². The zero-order chi connectivity index (χ0) is 10.4. The van der Waals surface area contributed by atoms with Gasteiger partial charge in [0.2, 0.25) is 0 Å². The maximum Gasteiger partial charge on any atom is 0.250 e. The molecule has 0 amide bonds. The molecule has 0 bridgehead atoms. The van der Waals surface area contributed by atoms with Gasteiger partial charge in [0.05, 0.1) is 12.2 Å². The van der Waals surface area contributed by atoms with Crippen molar-refractivity contribution in [1.29, 1.82) is 0 Å². The molecule has 2 nitrogen and oxygen atoms in total. The molecule has 14 heavy (non-hydrogen) atoms. The van der Waals surface area contributed by atoms with Crippen molar-refractivity contribution in [2.45, 2.75) is 26.3 Å². The van der Waals surface area contributed by atoms with E-state index in [0.29, 0.717) is 6.54 Å². The molecule has 0 spiro atoms. The largest absolute Gasteiger partial charge is 0.306 e. The second-order valence-electron chi connectivity index (χ2n) is 2.98. The summed E-state index contributed by atoms with van der Waals surface area (Å²) in [6, 6.07) is 3.82. The van der Waals surface area contributed by atoms with Gasteiger partial charge < -0.3 is 5.32 Å². The van der Waals surface area contributed by atoms with Crippen LogP contribution in [0.5, 0.6) is 0 Å². The third-order valence-corrected chi connectivity index (χ3v) is 1.96. The summed E-state index contributed by atoms with van der Waals surface area (Å²) < 4.78 is 23.7. The molecule has 1 aromatic heterocycles. The van der Waals surface area contributed by atoms with Gasteiger partial charge >= 0.3 is 0 Å². The quantitative estimate of drug-likeness (QED) is 0.786. The lowest BCUT2D eigenvalue weighted by Crippen LogP contribution is -2.21. The number of halogens is 2. The number of aryl methyl sites for hydroxylation is 1. The van der Waals surface area contributed by atoms with Crippen LogP contribution >= 0.6 is 0 Å². The first-order valence-corrected chi connectivity index (χ1v) is 4.65. The molecule has 0 atom stereocenters. The van der Waals surface area contributed by atoms with Crippen LogP contribution < -0.4 is 5.32 Å². The van der Waals surface area contributed by atoms with Crippen molar-refractivity contribution in [3.63, 3.8) is 0 Å². The molecule has 0 aliphatic rings. The second kappa shape index (κ2) is 5.65. The van der Waals surface area contributed by atoms with Crippen molar-refractivity contribution < 1.29 is 8.78 Å². The molecule has 0 aliphatic heterocycles. The summed E-state index contributed by atoms with van der Waals surface area (Å²) in [4.78, 5) is 4.14. The molecule has 0 unspecified atom stereocenters. The average molecular weight is 200 g/mol. The van der Waals surface area contributed by atoms with Crippen molar-refractivity contribution in [3.05, 3.63) is 29.6 Å². The summed E-state index contributed by atoms with van der Waals surface area (Å²) in [7, 11) is 0. The normalized spacial score (nSPS) is 10.9. The van der Waals surface area contributed by atoms with E-state index in [1.54, 1.807) is 6.20 Å². The molecule has 0 aliphatic carbocycles. The summed E-state index contributed by atoms with van der Waals surface area (Å²) >= 11 is 0. The van der Waals surface area contributed by atoms with Crippen LogP contribution in [-0.2, 0) is 13.0 Å². The van der Waals surface area contributed by atoms with Crippen LogP contribution in [0.15, 0.2) is 18.3 Å². The Morgan fingerprint density at radius 1 is 1.50 bits per heavy atom. The smallest absolute Gasteiger partial charge is 0.250 e. The molecule has 0 fully saturated rings. The van der Waals surface area contributed by atoms with Gasteiger partial charge in [0.15, 0.2) is 0 Å². The molecule has 1 aromatic rings. The summed E-state index contributed by atoms with van der Waals surface area (Å²) in [6.07, 6.45) is 0.252. The number of nitrogens with one attached hydrogen (secondary N) is 1. The predicted octanol–water partition coefficient (Wildman–Crippen LogP) is 2.00. The van der Waals surface area contributed by atoms with Gasteiger partial charge in [0.25, 0.3) is 6.43 Å². The average Bonchev–Trinajstić information content (AvgIpc) is 2.18. The van der Waals surface area contributed by atoms with Gasteiger partial charge in [-0.15, -0.1) is 0 Å². The Labute approximate surface area is 82.4 Å². The number of pyridine rings is 1. The number of rotatable bonds is 5. The maximum atomic E-state index is 11.8. The van der Waals surface area contributed by atoms with E-state index in [4.69, 9.17) is 0 Å². The van der Waals surface area contributed by atoms with Crippen LogP contribution in [0.4, 0.5) is 8.78 Å². The fourth-order valence-corrected chi connectivity index (χ4v) is 1.25. The van der Waals surface area contributed by atoms with E-state index in [1.807, 2.05) is 19.1 Å². The van der Waals surface area contributed by atoms with Gasteiger partial charge in [-0.1, -0.05) is 13.0 Å². The molecule has 0 radical (unpaired) electrons. The van der Waals surface area contributed by atoms with Gasteiger partial charge in [-0.25, -0.2) is 8.78 Å². The van der Waals surface area contributed by atoms with E-state index in [9.17, 15) is 8.78 Å². The zero-order valence-corrected chi connectivity index (χ0v) is 8.13. The Balaban J connectivity index is 2.49. The minimum atomic E-state index is -2.30. The summed E-state index contributed by atoms with van der Waals surface area (Å²) in [5, 5.41) is 2.66. The third-order valence-electron chi connectivity index (χ3n) is 1.96. The van der Waals surface area contributed by atoms with Crippen molar-refractivity contribution in [1.82, 2.24) is 10.3 Å². The first-order valence-electron chi connectivity index (χ1n) is 4.65. The molecule has 4 heteroatoms. The van der Waals surface area contributed by atoms with E-state index in [-0.39, 0.29) is 6.54 Å². The third kappa shape index (κ3) is 3.38. The van der Waals surface area contributed by atoms with Crippen LogP contribution in [0.25, 0.3) is 0 Å². The molecule has 0 saturated heterocycles. The Hall–Kier alpha value is -1.03. The van der Waals surface area contributed by atoms with Crippen molar-refractivity contribution in [3.8, 4) is 0 Å². The van der Waals surface area contributed by atoms with Crippen LogP contribution in [0.3, 0.4) is 0 Å². The predicted molar refractivity (Wildman–Crippen MR) is 51.3 cm³/mol. The fourth-order valence-electron chi connectivity index (χ4n) is 1.25. The Bertz CT molecular complexity index is 277. The number of hydrogen-bond donors (Lipinski definition) is 1. The highest BCUT2D eigenvalue weighted by atomic mass is 19.3. The highest BCUT2D eigenvalue weighted by molar-refractivity contribution is 5.19. The molecular formula is C10H14F2N2. The standard InChI is InChI=1S/C10H14F2N2/c1-2-8-4-3-5-14-9(8)6-13-7-10(11)12/h3-5,10,13H,2,6-7H2,1H3. The van der Waals surface area contributed by atoms with E-state index in [0.717, 1.165) is 17.7 Å². The van der Waals surface area contributed by atoms with Crippen LogP contribution in [0, 0.1) is 0 Å². The SMILES string of the molecule is CCc1cccnc1CNCC(F)F. The molecule has 0 saturated carbocycles. The summed E-state index contributed by atoms with van der Waals surface area (Å²) in [5.74, 6) is 0. The first kappa shape index (κ1) is 11.0. The number of alkyl halides is 2. The van der Waals surface area contributed by atoms with Gasteiger partial charge in [-0.05, 0) is 18.1 Å². The summed E-state index contributed by atoms with van der Waals surface area (Å²) in [5.41, 5.74) is 1.96. The minimum absolute atomic E-state index is 0.278. The van der Waals surface area contributed by atoms with Crippen molar-refractivity contribution in [2.24, 2.45) is 0 Å². The van der Waals surface area contributed by atoms with E-state index in [1.165, 1.54) is 0 Å². The van der Waals surface area contributed by atoms with Crippen LogP contribution in [0.2, 0.25) is 0 Å². The van der Waals surface area contributed by atoms with Gasteiger partial charge in [0, 0.05) is 12.7 Å².